The first-order valence-electron chi connectivity index (χ1n) is 6.58. The van der Waals surface area contributed by atoms with Gasteiger partial charge >= 0.3 is 0 Å². The van der Waals surface area contributed by atoms with Crippen molar-refractivity contribution in [3.05, 3.63) is 41.6 Å². The largest absolute Gasteiger partial charge is 0.469 e. The molecule has 1 saturated heterocycles. The van der Waals surface area contributed by atoms with Crippen LogP contribution in [0.3, 0.4) is 0 Å². The zero-order chi connectivity index (χ0) is 13.2. The van der Waals surface area contributed by atoms with Crippen molar-refractivity contribution in [2.75, 3.05) is 13.1 Å². The van der Waals surface area contributed by atoms with Crippen LogP contribution < -0.4 is 0 Å². The third-order valence-corrected chi connectivity index (χ3v) is 3.76. The lowest BCUT2D eigenvalue weighted by atomic mass is 9.94. The molecule has 0 aliphatic carbocycles. The molecule has 1 aliphatic rings. The van der Waals surface area contributed by atoms with Crippen molar-refractivity contribution in [1.29, 1.82) is 0 Å². The topological polar surface area (TPSA) is 62.1 Å². The first-order chi connectivity index (χ1) is 9.25. The Morgan fingerprint density at radius 2 is 2.42 bits per heavy atom. The lowest BCUT2D eigenvalue weighted by Gasteiger charge is -2.32. The van der Waals surface area contributed by atoms with Crippen LogP contribution in [0.5, 0.6) is 0 Å². The summed E-state index contributed by atoms with van der Waals surface area (Å²) in [6.07, 6.45) is 5.44. The number of piperidine rings is 1. The van der Waals surface area contributed by atoms with Crippen LogP contribution in [0, 0.1) is 6.92 Å². The molecule has 1 atom stereocenters. The van der Waals surface area contributed by atoms with E-state index in [1.807, 2.05) is 17.9 Å². The molecule has 0 radical (unpaired) electrons. The normalized spacial score (nSPS) is 19.6. The Balaban J connectivity index is 1.75. The number of nitrogens with zero attached hydrogens (tertiary/aromatic N) is 2. The summed E-state index contributed by atoms with van der Waals surface area (Å²) in [7, 11) is 0. The molecule has 0 bridgehead atoms. The van der Waals surface area contributed by atoms with Gasteiger partial charge < -0.3 is 9.32 Å². The summed E-state index contributed by atoms with van der Waals surface area (Å²) >= 11 is 0. The van der Waals surface area contributed by atoms with Gasteiger partial charge in [0.2, 0.25) is 0 Å². The summed E-state index contributed by atoms with van der Waals surface area (Å²) in [6.45, 7) is 3.38. The van der Waals surface area contributed by atoms with Crippen LogP contribution >= 0.6 is 0 Å². The van der Waals surface area contributed by atoms with E-state index in [1.165, 1.54) is 0 Å². The number of hydrogen-bond donors (Lipinski definition) is 1. The molecule has 0 saturated carbocycles. The Kier molecular flexibility index (Phi) is 3.11. The van der Waals surface area contributed by atoms with Gasteiger partial charge in [-0.15, -0.1) is 0 Å². The third-order valence-electron chi connectivity index (χ3n) is 3.76. The molecule has 1 fully saturated rings. The highest BCUT2D eigenvalue weighted by molar-refractivity contribution is 5.95. The van der Waals surface area contributed by atoms with Gasteiger partial charge in [-0.3, -0.25) is 9.89 Å². The fourth-order valence-corrected chi connectivity index (χ4v) is 2.69. The van der Waals surface area contributed by atoms with Crippen LogP contribution in [-0.2, 0) is 0 Å². The predicted molar refractivity (Wildman–Crippen MR) is 69.9 cm³/mol. The zero-order valence-corrected chi connectivity index (χ0v) is 10.9. The lowest BCUT2D eigenvalue weighted by Crippen LogP contribution is -2.39. The highest BCUT2D eigenvalue weighted by atomic mass is 16.3. The van der Waals surface area contributed by atoms with Crippen LogP contribution in [0.15, 0.2) is 29.0 Å². The van der Waals surface area contributed by atoms with Crippen LogP contribution in [0.4, 0.5) is 0 Å². The number of likely N-dealkylation sites (tertiary alicyclic amines) is 1. The van der Waals surface area contributed by atoms with Crippen LogP contribution in [0.2, 0.25) is 0 Å². The number of hydrogen-bond acceptors (Lipinski definition) is 3. The summed E-state index contributed by atoms with van der Waals surface area (Å²) in [4.78, 5) is 14.3. The summed E-state index contributed by atoms with van der Waals surface area (Å²) in [5, 5.41) is 6.99. The van der Waals surface area contributed by atoms with Gasteiger partial charge in [0.25, 0.3) is 5.91 Å². The molecule has 19 heavy (non-hydrogen) atoms. The van der Waals surface area contributed by atoms with Crippen molar-refractivity contribution in [2.24, 2.45) is 0 Å². The van der Waals surface area contributed by atoms with E-state index in [1.54, 1.807) is 18.5 Å². The highest BCUT2D eigenvalue weighted by Crippen LogP contribution is 2.26. The number of aromatic amines is 1. The Labute approximate surface area is 111 Å². The van der Waals surface area contributed by atoms with E-state index >= 15 is 0 Å². The molecule has 0 unspecified atom stereocenters. The van der Waals surface area contributed by atoms with E-state index < -0.39 is 0 Å². The summed E-state index contributed by atoms with van der Waals surface area (Å²) in [5.41, 5.74) is 1.78. The van der Waals surface area contributed by atoms with E-state index in [4.69, 9.17) is 4.42 Å². The molecule has 2 aromatic heterocycles. The smallest absolute Gasteiger partial charge is 0.257 e. The number of amides is 1. The van der Waals surface area contributed by atoms with E-state index in [0.29, 0.717) is 17.2 Å². The molecular formula is C14H17N3O2. The molecule has 1 amide bonds. The SMILES string of the molecule is Cc1occc1C(=O)N1CCC[C@H](c2ccn[nH]2)C1. The maximum Gasteiger partial charge on any atom is 0.257 e. The molecule has 1 aliphatic heterocycles. The highest BCUT2D eigenvalue weighted by Gasteiger charge is 2.27. The standard InChI is InChI=1S/C14H17N3O2/c1-10-12(5-8-19-10)14(18)17-7-2-3-11(9-17)13-4-6-15-16-13/h4-6,8,11H,2-3,7,9H2,1H3,(H,15,16)/t11-/m0/s1. The van der Waals surface area contributed by atoms with Gasteiger partial charge in [-0.25, -0.2) is 0 Å². The quantitative estimate of drug-likeness (QED) is 0.900. The second kappa shape index (κ2) is 4.91. The van der Waals surface area contributed by atoms with Crippen molar-refractivity contribution in [3.63, 3.8) is 0 Å². The Bertz CT molecular complexity index is 559. The average molecular weight is 259 g/mol. The van der Waals surface area contributed by atoms with E-state index in [-0.39, 0.29) is 5.91 Å². The second-order valence-electron chi connectivity index (χ2n) is 4.99. The van der Waals surface area contributed by atoms with Gasteiger partial charge in [0, 0.05) is 30.9 Å². The molecule has 3 heterocycles. The zero-order valence-electron chi connectivity index (χ0n) is 10.9. The third kappa shape index (κ3) is 2.28. The van der Waals surface area contributed by atoms with Crippen molar-refractivity contribution in [1.82, 2.24) is 15.1 Å². The maximum atomic E-state index is 12.4. The first kappa shape index (κ1) is 12.0. The molecule has 0 spiro atoms. The average Bonchev–Trinajstić information content (AvgIpc) is 3.09. The number of rotatable bonds is 2. The van der Waals surface area contributed by atoms with Crippen LogP contribution in [0.1, 0.15) is 40.6 Å². The van der Waals surface area contributed by atoms with Gasteiger partial charge in [-0.05, 0) is 31.9 Å². The van der Waals surface area contributed by atoms with Gasteiger partial charge in [-0.2, -0.15) is 5.10 Å². The van der Waals surface area contributed by atoms with E-state index in [0.717, 1.165) is 31.6 Å². The van der Waals surface area contributed by atoms with Crippen molar-refractivity contribution in [3.8, 4) is 0 Å². The minimum absolute atomic E-state index is 0.0652. The van der Waals surface area contributed by atoms with Gasteiger partial charge in [-0.1, -0.05) is 0 Å². The molecular weight excluding hydrogens is 242 g/mol. The number of aromatic nitrogens is 2. The van der Waals surface area contributed by atoms with Crippen molar-refractivity contribution >= 4 is 5.91 Å². The number of carbonyl (C=O) groups is 1. The van der Waals surface area contributed by atoms with Gasteiger partial charge in [0.05, 0.1) is 11.8 Å². The summed E-state index contributed by atoms with van der Waals surface area (Å²) in [6, 6.07) is 3.74. The van der Waals surface area contributed by atoms with Crippen molar-refractivity contribution in [2.45, 2.75) is 25.7 Å². The predicted octanol–water partition coefficient (Wildman–Crippen LogP) is 2.33. The fraction of sp³-hybridized carbons (Fsp3) is 0.429. The number of aryl methyl sites for hydroxylation is 1. The van der Waals surface area contributed by atoms with E-state index in [9.17, 15) is 4.79 Å². The number of nitrogens with one attached hydrogen (secondary N) is 1. The molecule has 5 nitrogen and oxygen atoms in total. The summed E-state index contributed by atoms with van der Waals surface area (Å²) < 4.78 is 5.21. The van der Waals surface area contributed by atoms with Crippen LogP contribution in [0.25, 0.3) is 0 Å². The number of furan rings is 1. The lowest BCUT2D eigenvalue weighted by molar-refractivity contribution is 0.0704. The second-order valence-corrected chi connectivity index (χ2v) is 4.99. The number of carbonyl (C=O) groups excluding carboxylic acids is 1. The Morgan fingerprint density at radius 3 is 3.11 bits per heavy atom. The van der Waals surface area contributed by atoms with Gasteiger partial charge in [0.1, 0.15) is 5.76 Å². The fourth-order valence-electron chi connectivity index (χ4n) is 2.69. The first-order valence-corrected chi connectivity index (χ1v) is 6.58. The van der Waals surface area contributed by atoms with E-state index in [2.05, 4.69) is 10.2 Å². The summed E-state index contributed by atoms with van der Waals surface area (Å²) in [5.74, 6) is 1.11. The maximum absolute atomic E-state index is 12.4. The van der Waals surface area contributed by atoms with Gasteiger partial charge in [0.15, 0.2) is 0 Å². The molecule has 1 N–H and O–H groups in total. The molecule has 0 aromatic carbocycles. The Hall–Kier alpha value is -2.04. The number of H-pyrrole nitrogens is 1. The molecule has 3 rings (SSSR count). The molecule has 5 heteroatoms. The monoisotopic (exact) mass is 259 g/mol. The minimum Gasteiger partial charge on any atom is -0.469 e. The Morgan fingerprint density at radius 1 is 1.53 bits per heavy atom. The van der Waals surface area contributed by atoms with Crippen LogP contribution in [-0.4, -0.2) is 34.1 Å². The van der Waals surface area contributed by atoms with Crippen molar-refractivity contribution < 1.29 is 9.21 Å². The molecule has 2 aromatic rings. The minimum atomic E-state index is 0.0652. The molecule has 100 valence electrons.